The number of nitrogens with zero attached hydrogens (tertiary/aromatic N) is 2. The average molecular weight is 428 g/mol. The van der Waals surface area contributed by atoms with Crippen molar-refractivity contribution in [1.29, 1.82) is 0 Å². The maximum atomic E-state index is 12.5. The molecule has 9 heteroatoms. The Morgan fingerprint density at radius 1 is 1.33 bits per heavy atom. The maximum absolute atomic E-state index is 12.5. The predicted octanol–water partition coefficient (Wildman–Crippen LogP) is 3.06. The van der Waals surface area contributed by atoms with Crippen LogP contribution in [0, 0.1) is 12.8 Å². The van der Waals surface area contributed by atoms with Crippen molar-refractivity contribution in [3.63, 3.8) is 0 Å². The van der Waals surface area contributed by atoms with Crippen LogP contribution in [0.5, 0.6) is 0 Å². The third-order valence-corrected chi connectivity index (χ3v) is 7.54. The molecule has 146 valence electrons. The number of rotatable bonds is 5. The highest BCUT2D eigenvalue weighted by molar-refractivity contribution is 7.88. The van der Waals surface area contributed by atoms with Crippen molar-refractivity contribution in [2.24, 2.45) is 5.92 Å². The van der Waals surface area contributed by atoms with Crippen LogP contribution in [0.15, 0.2) is 24.3 Å². The fraction of sp³-hybridized carbons (Fsp3) is 0.444. The molecule has 0 unspecified atom stereocenters. The lowest BCUT2D eigenvalue weighted by molar-refractivity contribution is -0.126. The Hall–Kier alpha value is -1.48. The monoisotopic (exact) mass is 427 g/mol. The van der Waals surface area contributed by atoms with E-state index in [1.54, 1.807) is 0 Å². The summed E-state index contributed by atoms with van der Waals surface area (Å²) in [5, 5.41) is 4.46. The van der Waals surface area contributed by atoms with Crippen LogP contribution in [0.1, 0.15) is 23.4 Å². The minimum absolute atomic E-state index is 0.0322. The molecule has 27 heavy (non-hydrogen) atoms. The molecule has 0 spiro atoms. The number of benzene rings is 1. The second-order valence-corrected chi connectivity index (χ2v) is 10.1. The molecule has 0 radical (unpaired) electrons. The third-order valence-electron chi connectivity index (χ3n) is 4.71. The van der Waals surface area contributed by atoms with E-state index < -0.39 is 10.0 Å². The highest BCUT2D eigenvalue weighted by atomic mass is 35.5. The lowest BCUT2D eigenvalue weighted by atomic mass is 9.97. The van der Waals surface area contributed by atoms with Crippen molar-refractivity contribution < 1.29 is 13.2 Å². The van der Waals surface area contributed by atoms with Gasteiger partial charge in [-0.05, 0) is 25.8 Å². The number of carbonyl (C=O) groups is 1. The van der Waals surface area contributed by atoms with Gasteiger partial charge in [-0.2, -0.15) is 0 Å². The number of hydrogen-bond acceptors (Lipinski definition) is 5. The maximum Gasteiger partial charge on any atom is 0.223 e. The van der Waals surface area contributed by atoms with Crippen LogP contribution in [-0.4, -0.2) is 43.0 Å². The molecule has 1 amide bonds. The summed E-state index contributed by atoms with van der Waals surface area (Å²) in [4.78, 5) is 18.0. The average Bonchev–Trinajstić information content (AvgIpc) is 3.00. The molecular formula is C18H22ClN3O3S2. The van der Waals surface area contributed by atoms with Gasteiger partial charge in [-0.3, -0.25) is 4.79 Å². The topological polar surface area (TPSA) is 79.4 Å². The van der Waals surface area contributed by atoms with Gasteiger partial charge in [0.15, 0.2) is 0 Å². The molecule has 1 N–H and O–H groups in total. The summed E-state index contributed by atoms with van der Waals surface area (Å²) < 4.78 is 24.6. The first-order valence-corrected chi connectivity index (χ1v) is 11.7. The van der Waals surface area contributed by atoms with Crippen LogP contribution in [0.2, 0.25) is 5.02 Å². The molecular weight excluding hydrogens is 406 g/mol. The van der Waals surface area contributed by atoms with Gasteiger partial charge in [-0.1, -0.05) is 29.8 Å². The molecule has 6 nitrogen and oxygen atoms in total. The second-order valence-electron chi connectivity index (χ2n) is 6.66. The van der Waals surface area contributed by atoms with Crippen molar-refractivity contribution >= 4 is 38.9 Å². The summed E-state index contributed by atoms with van der Waals surface area (Å²) >= 11 is 7.76. The molecule has 2 aromatic rings. The van der Waals surface area contributed by atoms with Crippen molar-refractivity contribution in [2.45, 2.75) is 26.3 Å². The summed E-state index contributed by atoms with van der Waals surface area (Å²) in [5.74, 6) is -0.186. The molecule has 0 bridgehead atoms. The molecule has 1 aromatic heterocycles. The number of sulfonamides is 1. The van der Waals surface area contributed by atoms with Crippen molar-refractivity contribution in [1.82, 2.24) is 14.6 Å². The van der Waals surface area contributed by atoms with Gasteiger partial charge >= 0.3 is 0 Å². The van der Waals surface area contributed by atoms with Gasteiger partial charge in [0.05, 0.1) is 23.5 Å². The first kappa shape index (κ1) is 20.3. The number of halogens is 1. The van der Waals surface area contributed by atoms with E-state index in [0.717, 1.165) is 21.1 Å². The summed E-state index contributed by atoms with van der Waals surface area (Å²) in [7, 11) is -3.18. The number of thiazole rings is 1. The zero-order chi connectivity index (χ0) is 19.6. The zero-order valence-corrected chi connectivity index (χ0v) is 17.6. The van der Waals surface area contributed by atoms with Crippen LogP contribution in [0.3, 0.4) is 0 Å². The van der Waals surface area contributed by atoms with Crippen molar-refractivity contribution in [3.05, 3.63) is 39.9 Å². The van der Waals surface area contributed by atoms with E-state index in [0.29, 0.717) is 37.5 Å². The van der Waals surface area contributed by atoms with Crippen LogP contribution in [0.4, 0.5) is 0 Å². The number of nitrogens with one attached hydrogen (secondary N) is 1. The Balaban J connectivity index is 1.59. The minimum Gasteiger partial charge on any atom is -0.351 e. The number of aromatic nitrogens is 1. The van der Waals surface area contributed by atoms with Crippen LogP contribution in [-0.2, 0) is 21.4 Å². The Labute approximate surface area is 168 Å². The van der Waals surface area contributed by atoms with E-state index in [1.165, 1.54) is 21.9 Å². The van der Waals surface area contributed by atoms with Crippen LogP contribution < -0.4 is 5.32 Å². The number of aryl methyl sites for hydroxylation is 1. The van der Waals surface area contributed by atoms with Crippen LogP contribution >= 0.6 is 22.9 Å². The first-order chi connectivity index (χ1) is 12.8. The fourth-order valence-electron chi connectivity index (χ4n) is 3.10. The second kappa shape index (κ2) is 8.26. The Morgan fingerprint density at radius 2 is 2.00 bits per heavy atom. The summed E-state index contributed by atoms with van der Waals surface area (Å²) in [5.41, 5.74) is 1.76. The summed E-state index contributed by atoms with van der Waals surface area (Å²) in [6.45, 7) is 3.13. The van der Waals surface area contributed by atoms with Gasteiger partial charge in [0.25, 0.3) is 0 Å². The summed E-state index contributed by atoms with van der Waals surface area (Å²) in [6, 6.07) is 7.56. The Morgan fingerprint density at radius 3 is 2.63 bits per heavy atom. The molecule has 2 heterocycles. The smallest absolute Gasteiger partial charge is 0.223 e. The van der Waals surface area contributed by atoms with E-state index in [-0.39, 0.29) is 11.8 Å². The lowest BCUT2D eigenvalue weighted by Gasteiger charge is -2.29. The van der Waals surface area contributed by atoms with E-state index in [9.17, 15) is 13.2 Å². The normalized spacial score (nSPS) is 16.4. The molecule has 1 saturated heterocycles. The van der Waals surface area contributed by atoms with Gasteiger partial charge in [0.2, 0.25) is 15.9 Å². The predicted molar refractivity (Wildman–Crippen MR) is 108 cm³/mol. The van der Waals surface area contributed by atoms with Gasteiger partial charge in [-0.25, -0.2) is 17.7 Å². The quantitative estimate of drug-likeness (QED) is 0.795. The molecule has 0 atom stereocenters. The standard InChI is InChI=1S/C18H22ClN3O3S2/c1-12-16(26-18(21-12)14-5-3-4-6-15(14)19)11-20-17(23)13-7-9-22(10-8-13)27(2,24)25/h3-6,13H,7-11H2,1-2H3,(H,20,23). The Bertz CT molecular complexity index is 935. The van der Waals surface area contributed by atoms with E-state index in [2.05, 4.69) is 10.3 Å². The first-order valence-electron chi connectivity index (χ1n) is 8.69. The molecule has 1 aliphatic heterocycles. The molecule has 1 fully saturated rings. The lowest BCUT2D eigenvalue weighted by Crippen LogP contribution is -2.42. The van der Waals surface area contributed by atoms with Crippen LogP contribution in [0.25, 0.3) is 10.6 Å². The fourth-order valence-corrected chi connectivity index (χ4v) is 5.30. The zero-order valence-electron chi connectivity index (χ0n) is 15.2. The molecule has 3 rings (SSSR count). The van der Waals surface area contributed by atoms with Gasteiger partial charge < -0.3 is 5.32 Å². The van der Waals surface area contributed by atoms with Crippen molar-refractivity contribution in [3.8, 4) is 10.6 Å². The largest absolute Gasteiger partial charge is 0.351 e. The molecule has 0 saturated carbocycles. The van der Waals surface area contributed by atoms with E-state index in [4.69, 9.17) is 11.6 Å². The SMILES string of the molecule is Cc1nc(-c2ccccc2Cl)sc1CNC(=O)C1CCN(S(C)(=O)=O)CC1. The minimum atomic E-state index is -3.18. The highest BCUT2D eigenvalue weighted by Crippen LogP contribution is 2.32. The van der Waals surface area contributed by atoms with Gasteiger partial charge in [0, 0.05) is 29.4 Å². The van der Waals surface area contributed by atoms with Gasteiger partial charge in [0.1, 0.15) is 5.01 Å². The molecule has 0 aliphatic carbocycles. The number of amides is 1. The van der Waals surface area contributed by atoms with E-state index >= 15 is 0 Å². The Kier molecular flexibility index (Phi) is 6.20. The number of hydrogen-bond donors (Lipinski definition) is 1. The number of carbonyl (C=O) groups excluding carboxylic acids is 1. The summed E-state index contributed by atoms with van der Waals surface area (Å²) in [6.07, 6.45) is 2.30. The molecule has 1 aliphatic rings. The van der Waals surface area contributed by atoms with E-state index in [1.807, 2.05) is 31.2 Å². The number of piperidine rings is 1. The highest BCUT2D eigenvalue weighted by Gasteiger charge is 2.28. The third kappa shape index (κ3) is 4.87. The van der Waals surface area contributed by atoms with Crippen molar-refractivity contribution in [2.75, 3.05) is 19.3 Å². The van der Waals surface area contributed by atoms with Gasteiger partial charge in [-0.15, -0.1) is 11.3 Å². The molecule has 1 aromatic carbocycles.